The van der Waals surface area contributed by atoms with Crippen LogP contribution in [0.2, 0.25) is 0 Å². The summed E-state index contributed by atoms with van der Waals surface area (Å²) in [6.45, 7) is 5.50. The molecule has 9 heteroatoms. The largest absolute Gasteiger partial charge is 0.472 e. The minimum Gasteiger partial charge on any atom is -0.457 e. The van der Waals surface area contributed by atoms with Gasteiger partial charge >= 0.3 is 13.8 Å². The zero-order chi connectivity index (χ0) is 46.9. The molecular formula is C55H105NO7P+. The molecule has 0 aliphatic carbocycles. The summed E-state index contributed by atoms with van der Waals surface area (Å²) in [6, 6.07) is 0. The number of allylic oxidation sites excluding steroid dienone is 8. The number of quaternary nitrogens is 1. The van der Waals surface area contributed by atoms with Crippen molar-refractivity contribution in [3.63, 3.8) is 0 Å². The smallest absolute Gasteiger partial charge is 0.457 e. The highest BCUT2D eigenvalue weighted by Crippen LogP contribution is 2.43. The van der Waals surface area contributed by atoms with Crippen LogP contribution in [-0.2, 0) is 27.9 Å². The van der Waals surface area contributed by atoms with Crippen LogP contribution in [0.25, 0.3) is 0 Å². The number of carbonyl (C=O) groups is 1. The predicted octanol–water partition coefficient (Wildman–Crippen LogP) is 16.7. The van der Waals surface area contributed by atoms with Crippen molar-refractivity contribution in [1.29, 1.82) is 0 Å². The average molecular weight is 923 g/mol. The van der Waals surface area contributed by atoms with Gasteiger partial charge in [-0.3, -0.25) is 13.8 Å². The molecular weight excluding hydrogens is 818 g/mol. The van der Waals surface area contributed by atoms with E-state index in [2.05, 4.69) is 62.5 Å². The van der Waals surface area contributed by atoms with Gasteiger partial charge in [0, 0.05) is 13.0 Å². The number of esters is 1. The van der Waals surface area contributed by atoms with E-state index in [1.165, 1.54) is 148 Å². The molecule has 64 heavy (non-hydrogen) atoms. The Bertz CT molecular complexity index is 1160. The van der Waals surface area contributed by atoms with Gasteiger partial charge < -0.3 is 18.9 Å². The lowest BCUT2D eigenvalue weighted by Gasteiger charge is -2.24. The van der Waals surface area contributed by atoms with Gasteiger partial charge in [0.25, 0.3) is 0 Å². The van der Waals surface area contributed by atoms with Crippen LogP contribution in [0.1, 0.15) is 239 Å². The maximum atomic E-state index is 12.8. The third kappa shape index (κ3) is 51.4. The zero-order valence-electron chi connectivity index (χ0n) is 42.8. The summed E-state index contributed by atoms with van der Waals surface area (Å²) in [5, 5.41) is 0. The van der Waals surface area contributed by atoms with E-state index < -0.39 is 13.9 Å². The maximum absolute atomic E-state index is 12.8. The van der Waals surface area contributed by atoms with Crippen molar-refractivity contribution in [2.24, 2.45) is 0 Å². The Morgan fingerprint density at radius 3 is 1.36 bits per heavy atom. The van der Waals surface area contributed by atoms with Crippen molar-refractivity contribution < 1.29 is 37.3 Å². The molecule has 0 aromatic rings. The molecule has 2 unspecified atom stereocenters. The van der Waals surface area contributed by atoms with Gasteiger partial charge in [0.2, 0.25) is 0 Å². The Balaban J connectivity index is 4.10. The third-order valence-electron chi connectivity index (χ3n) is 11.7. The van der Waals surface area contributed by atoms with Gasteiger partial charge in [-0.05, 0) is 51.4 Å². The number of ether oxygens (including phenoxy) is 2. The summed E-state index contributed by atoms with van der Waals surface area (Å²) in [5.74, 6) is -0.317. The minimum absolute atomic E-state index is 0.0846. The summed E-state index contributed by atoms with van der Waals surface area (Å²) in [7, 11) is 1.66. The number of unbranched alkanes of at least 4 members (excludes halogenated alkanes) is 28. The molecule has 0 saturated heterocycles. The second-order valence-corrected chi connectivity index (χ2v) is 20.7. The Kier molecular flexibility index (Phi) is 46.8. The normalized spacial score (nSPS) is 13.9. The Hall–Kier alpha value is -1.54. The molecule has 0 amide bonds. The zero-order valence-corrected chi connectivity index (χ0v) is 43.7. The fourth-order valence-corrected chi connectivity index (χ4v) is 8.29. The van der Waals surface area contributed by atoms with Gasteiger partial charge in [0.05, 0.1) is 34.4 Å². The van der Waals surface area contributed by atoms with Crippen molar-refractivity contribution in [2.75, 3.05) is 54.1 Å². The maximum Gasteiger partial charge on any atom is 0.472 e. The summed E-state index contributed by atoms with van der Waals surface area (Å²) in [4.78, 5) is 23.0. The number of carbonyl (C=O) groups excluding carboxylic acids is 1. The van der Waals surface area contributed by atoms with Crippen LogP contribution in [0.3, 0.4) is 0 Å². The number of likely N-dealkylation sites (N-methyl/N-ethyl adjacent to an activating group) is 1. The van der Waals surface area contributed by atoms with Gasteiger partial charge in [-0.25, -0.2) is 4.57 Å². The number of nitrogens with zero attached hydrogens (tertiary/aromatic N) is 1. The van der Waals surface area contributed by atoms with Crippen LogP contribution in [0.4, 0.5) is 0 Å². The second-order valence-electron chi connectivity index (χ2n) is 19.2. The highest BCUT2D eigenvalue weighted by atomic mass is 31.2. The summed E-state index contributed by atoms with van der Waals surface area (Å²) < 4.78 is 35.2. The molecule has 0 rings (SSSR count). The summed E-state index contributed by atoms with van der Waals surface area (Å²) in [5.41, 5.74) is 0. The van der Waals surface area contributed by atoms with E-state index in [0.29, 0.717) is 24.1 Å². The van der Waals surface area contributed by atoms with Crippen LogP contribution in [0.5, 0.6) is 0 Å². The van der Waals surface area contributed by atoms with E-state index in [-0.39, 0.29) is 25.8 Å². The van der Waals surface area contributed by atoms with Gasteiger partial charge in [0.1, 0.15) is 19.3 Å². The van der Waals surface area contributed by atoms with Crippen molar-refractivity contribution in [3.8, 4) is 0 Å². The molecule has 0 aromatic carbocycles. The van der Waals surface area contributed by atoms with Crippen LogP contribution < -0.4 is 0 Å². The quantitative estimate of drug-likeness (QED) is 0.0214. The summed E-state index contributed by atoms with van der Waals surface area (Å²) in [6.07, 6.45) is 60.3. The predicted molar refractivity (Wildman–Crippen MR) is 275 cm³/mol. The Morgan fingerprint density at radius 2 is 0.906 bits per heavy atom. The first kappa shape index (κ1) is 62.5. The molecule has 0 spiro atoms. The fourth-order valence-electron chi connectivity index (χ4n) is 7.55. The molecule has 0 aliphatic rings. The van der Waals surface area contributed by atoms with Crippen molar-refractivity contribution in [3.05, 3.63) is 48.6 Å². The van der Waals surface area contributed by atoms with Gasteiger partial charge in [-0.15, -0.1) is 0 Å². The van der Waals surface area contributed by atoms with E-state index in [0.717, 1.165) is 70.6 Å². The molecule has 376 valence electrons. The topological polar surface area (TPSA) is 91.3 Å². The standard InChI is InChI=1S/C55H104NO7P/c1-6-8-10-12-14-16-18-20-22-24-26-27-28-29-30-31-32-34-36-38-40-42-44-46-48-55(57)63-54(53-62-64(58,59)61-51-49-56(3,4)5)52-60-50-47-45-43-41-39-37-35-33-25-23-21-19-17-15-13-11-9-7-2/h9,11,15,17,21,23,33,35,54H,6-8,10,12-14,16,18-20,22,24-32,34,36-53H2,1-5H3/p+1/b11-9-,17-15-,23-21-,35-33-. The number of rotatable bonds is 50. The molecule has 0 bridgehead atoms. The highest BCUT2D eigenvalue weighted by Gasteiger charge is 2.26. The van der Waals surface area contributed by atoms with E-state index in [1.807, 2.05) is 21.1 Å². The highest BCUT2D eigenvalue weighted by molar-refractivity contribution is 7.47. The van der Waals surface area contributed by atoms with Crippen LogP contribution in [0.15, 0.2) is 48.6 Å². The molecule has 0 heterocycles. The Labute approximate surface area is 397 Å². The number of phosphoric ester groups is 1. The molecule has 1 N–H and O–H groups in total. The second kappa shape index (κ2) is 47.9. The molecule has 0 aliphatic heterocycles. The molecule has 0 radical (unpaired) electrons. The monoisotopic (exact) mass is 923 g/mol. The fraction of sp³-hybridized carbons (Fsp3) is 0.836. The lowest BCUT2D eigenvalue weighted by atomic mass is 10.0. The lowest BCUT2D eigenvalue weighted by Crippen LogP contribution is -2.37. The summed E-state index contributed by atoms with van der Waals surface area (Å²) >= 11 is 0. The number of phosphoric acid groups is 1. The molecule has 2 atom stereocenters. The lowest BCUT2D eigenvalue weighted by molar-refractivity contribution is -0.870. The average Bonchev–Trinajstić information content (AvgIpc) is 3.25. The minimum atomic E-state index is -4.29. The SMILES string of the molecule is CC/C=C\C/C=C\C/C=C\C/C=C\CCCCCCCOCC(COP(=O)(O)OCC[N+](C)(C)C)OC(=O)CCCCCCCCCCCCCCCCCCCCCCCCCC. The molecule has 0 aromatic heterocycles. The molecule has 0 saturated carbocycles. The number of hydrogen-bond donors (Lipinski definition) is 1. The van der Waals surface area contributed by atoms with E-state index in [4.69, 9.17) is 18.5 Å². The van der Waals surface area contributed by atoms with Crippen molar-refractivity contribution in [2.45, 2.75) is 245 Å². The molecule has 8 nitrogen and oxygen atoms in total. The van der Waals surface area contributed by atoms with Gasteiger partial charge in [0.15, 0.2) is 0 Å². The number of hydrogen-bond acceptors (Lipinski definition) is 6. The van der Waals surface area contributed by atoms with Gasteiger partial charge in [-0.1, -0.05) is 229 Å². The van der Waals surface area contributed by atoms with E-state index in [9.17, 15) is 14.3 Å². The Morgan fingerprint density at radius 1 is 0.500 bits per heavy atom. The van der Waals surface area contributed by atoms with Crippen LogP contribution in [0, 0.1) is 0 Å². The van der Waals surface area contributed by atoms with Crippen molar-refractivity contribution >= 4 is 13.8 Å². The first-order valence-corrected chi connectivity index (χ1v) is 28.4. The van der Waals surface area contributed by atoms with Gasteiger partial charge in [-0.2, -0.15) is 0 Å². The first-order chi connectivity index (χ1) is 31.1. The molecule has 0 fully saturated rings. The van der Waals surface area contributed by atoms with Crippen LogP contribution >= 0.6 is 7.82 Å². The van der Waals surface area contributed by atoms with Crippen LogP contribution in [-0.4, -0.2) is 75.6 Å². The van der Waals surface area contributed by atoms with E-state index >= 15 is 0 Å². The first-order valence-electron chi connectivity index (χ1n) is 26.9. The third-order valence-corrected chi connectivity index (χ3v) is 12.6. The van der Waals surface area contributed by atoms with E-state index in [1.54, 1.807) is 0 Å². The van der Waals surface area contributed by atoms with Crippen molar-refractivity contribution in [1.82, 2.24) is 0 Å².